The van der Waals surface area contributed by atoms with Crippen molar-refractivity contribution in [2.24, 2.45) is 0 Å². The minimum Gasteiger partial charge on any atom is -0.321 e. The third kappa shape index (κ3) is 5.30. The number of pyridine rings is 1. The maximum atomic E-state index is 12.5. The number of carbonyl (C=O) groups excluding carboxylic acids is 1. The van der Waals surface area contributed by atoms with E-state index in [1.54, 1.807) is 29.3 Å². The van der Waals surface area contributed by atoms with Gasteiger partial charge in [-0.25, -0.2) is 0 Å². The molecule has 0 saturated carbocycles. The lowest BCUT2D eigenvalue weighted by molar-refractivity contribution is 0.0962. The van der Waals surface area contributed by atoms with Crippen molar-refractivity contribution in [2.45, 2.75) is 39.2 Å². The van der Waals surface area contributed by atoms with Crippen molar-refractivity contribution in [1.29, 1.82) is 10.8 Å². The fourth-order valence-corrected chi connectivity index (χ4v) is 3.63. The Kier molecular flexibility index (Phi) is 6.95. The van der Waals surface area contributed by atoms with Gasteiger partial charge in [0.05, 0.1) is 0 Å². The first-order valence-electron chi connectivity index (χ1n) is 10.3. The van der Waals surface area contributed by atoms with Gasteiger partial charge in [0.2, 0.25) is 0 Å². The Balaban J connectivity index is 0.00000341. The molecule has 0 radical (unpaired) electrons. The summed E-state index contributed by atoms with van der Waals surface area (Å²) in [5.41, 5.74) is 3.95. The molecule has 1 fully saturated rings. The topological polar surface area (TPSA) is 96.2 Å². The van der Waals surface area contributed by atoms with E-state index in [0.29, 0.717) is 23.1 Å². The first-order valence-corrected chi connectivity index (χ1v) is 10.3. The Morgan fingerprint density at radius 2 is 2.10 bits per heavy atom. The molecule has 0 unspecified atom stereocenters. The monoisotopic (exact) mass is 408 g/mol. The van der Waals surface area contributed by atoms with E-state index >= 15 is 0 Å². The van der Waals surface area contributed by atoms with Crippen molar-refractivity contribution >= 4 is 17.6 Å². The molecule has 0 bridgehead atoms. The second-order valence-electron chi connectivity index (χ2n) is 7.92. The highest BCUT2D eigenvalue weighted by molar-refractivity contribution is 6.06. The summed E-state index contributed by atoms with van der Waals surface area (Å²) in [6.45, 7) is 8.28. The van der Waals surface area contributed by atoms with E-state index in [-0.39, 0.29) is 7.33 Å². The Morgan fingerprint density at radius 1 is 1.30 bits per heavy atom. The third-order valence-corrected chi connectivity index (χ3v) is 5.45. The van der Waals surface area contributed by atoms with Gasteiger partial charge in [-0.2, -0.15) is 0 Å². The molecule has 1 saturated heterocycles. The van der Waals surface area contributed by atoms with Gasteiger partial charge >= 0.3 is 0 Å². The van der Waals surface area contributed by atoms with Crippen LogP contribution in [0, 0.1) is 10.8 Å². The first kappa shape index (κ1) is 21.6. The van der Waals surface area contributed by atoms with Crippen LogP contribution in [0.1, 0.15) is 49.2 Å². The molecule has 3 heterocycles. The summed E-state index contributed by atoms with van der Waals surface area (Å²) in [7, 11) is 2.07. The van der Waals surface area contributed by atoms with Gasteiger partial charge < -0.3 is 15.1 Å². The van der Waals surface area contributed by atoms with Crippen LogP contribution in [-0.2, 0) is 13.0 Å². The number of likely N-dealkylation sites (tertiary alicyclic amines) is 1. The van der Waals surface area contributed by atoms with Gasteiger partial charge in [0, 0.05) is 39.4 Å². The lowest BCUT2D eigenvalue weighted by Crippen LogP contribution is -2.39. The fourth-order valence-electron chi connectivity index (χ4n) is 3.63. The summed E-state index contributed by atoms with van der Waals surface area (Å²) >= 11 is 0. The van der Waals surface area contributed by atoms with Crippen LogP contribution in [-0.4, -0.2) is 52.5 Å². The molecule has 1 amide bonds. The number of nitrogens with one attached hydrogen (secondary N) is 3. The van der Waals surface area contributed by atoms with Crippen LogP contribution in [0.25, 0.3) is 0 Å². The lowest BCUT2D eigenvalue weighted by Gasteiger charge is -2.29. The largest absolute Gasteiger partial charge is 0.321 e. The minimum atomic E-state index is -0.282. The molecule has 3 N–H and O–H groups in total. The zero-order valence-corrected chi connectivity index (χ0v) is 17.8. The molecular formula is C23H32N6O. The van der Waals surface area contributed by atoms with Gasteiger partial charge in [-0.3, -0.25) is 20.6 Å². The van der Waals surface area contributed by atoms with Crippen molar-refractivity contribution < 1.29 is 6.22 Å². The Labute approximate surface area is 179 Å². The highest BCUT2D eigenvalue weighted by Crippen LogP contribution is 2.18. The predicted octanol–water partition coefficient (Wildman–Crippen LogP) is 3.50. The second kappa shape index (κ2) is 9.63. The van der Waals surface area contributed by atoms with Gasteiger partial charge in [-0.1, -0.05) is 18.7 Å². The SMILES string of the molecule is C=C(/C=C\C=C(/C)C(=N)N1CCCCC1=N)NC(=O)c1cc2c(cn1)CCN(C)C2.[HH]. The van der Waals surface area contributed by atoms with E-state index in [1.165, 1.54) is 5.56 Å². The normalized spacial score (nSPS) is 17.7. The molecule has 1 aromatic rings. The standard InChI is InChI=1S/C23H30N6O.H2/c1-16(22(25)29-11-5-4-9-21(29)24)7-6-8-17(2)27-23(30)20-13-19-15-28(3)12-10-18(19)14-26-20;/h6-8,13-14,24-25H,2,4-5,9-12,15H2,1,3H3,(H,27,30);1H/b8-6-,16-7+,24-21?,25-22?;. The van der Waals surface area contributed by atoms with Gasteiger partial charge in [0.1, 0.15) is 17.4 Å². The number of amidine groups is 2. The lowest BCUT2D eigenvalue weighted by atomic mass is 10.0. The molecule has 160 valence electrons. The third-order valence-electron chi connectivity index (χ3n) is 5.45. The van der Waals surface area contributed by atoms with Gasteiger partial charge in [0.15, 0.2) is 0 Å². The molecular weight excluding hydrogens is 376 g/mol. The number of aromatic nitrogens is 1. The average Bonchev–Trinajstić information content (AvgIpc) is 2.72. The number of nitrogens with zero attached hydrogens (tertiary/aromatic N) is 3. The molecule has 0 atom stereocenters. The van der Waals surface area contributed by atoms with E-state index in [2.05, 4.69) is 28.8 Å². The Hall–Kier alpha value is -3.06. The van der Waals surface area contributed by atoms with E-state index in [4.69, 9.17) is 10.8 Å². The number of hydrogen-bond acceptors (Lipinski definition) is 5. The number of likely N-dealkylation sites (N-methyl/N-ethyl adjacent to an activating group) is 1. The van der Waals surface area contributed by atoms with E-state index in [9.17, 15) is 4.79 Å². The molecule has 2 aliphatic rings. The Bertz CT molecular complexity index is 936. The van der Waals surface area contributed by atoms with Crippen LogP contribution in [0.15, 0.2) is 48.3 Å². The van der Waals surface area contributed by atoms with Crippen molar-refractivity contribution in [2.75, 3.05) is 20.1 Å². The quantitative estimate of drug-likeness (QED) is 0.395. The predicted molar refractivity (Wildman–Crippen MR) is 122 cm³/mol. The van der Waals surface area contributed by atoms with Crippen LogP contribution < -0.4 is 5.32 Å². The van der Waals surface area contributed by atoms with Gasteiger partial charge in [-0.15, -0.1) is 0 Å². The maximum Gasteiger partial charge on any atom is 0.274 e. The highest BCUT2D eigenvalue weighted by atomic mass is 16.1. The molecule has 1 aromatic heterocycles. The molecule has 30 heavy (non-hydrogen) atoms. The van der Waals surface area contributed by atoms with Crippen molar-refractivity contribution in [1.82, 2.24) is 20.1 Å². The number of carbonyl (C=O) groups is 1. The molecule has 0 spiro atoms. The van der Waals surface area contributed by atoms with Gasteiger partial charge in [0.25, 0.3) is 5.91 Å². The van der Waals surface area contributed by atoms with Crippen molar-refractivity contribution in [3.8, 4) is 0 Å². The number of fused-ring (bicyclic) bond motifs is 1. The summed E-state index contributed by atoms with van der Waals surface area (Å²) in [6, 6.07) is 1.86. The minimum absolute atomic E-state index is 0. The van der Waals surface area contributed by atoms with Crippen LogP contribution >= 0.6 is 0 Å². The van der Waals surface area contributed by atoms with E-state index in [1.807, 2.05) is 13.0 Å². The number of amides is 1. The molecule has 0 aromatic carbocycles. The number of piperidine rings is 1. The van der Waals surface area contributed by atoms with Gasteiger partial charge in [-0.05, 0) is 62.1 Å². The highest BCUT2D eigenvalue weighted by Gasteiger charge is 2.19. The summed E-state index contributed by atoms with van der Waals surface area (Å²) < 4.78 is 0. The molecule has 7 heteroatoms. The maximum absolute atomic E-state index is 12.5. The smallest absolute Gasteiger partial charge is 0.274 e. The summed E-state index contributed by atoms with van der Waals surface area (Å²) in [4.78, 5) is 20.8. The van der Waals surface area contributed by atoms with E-state index < -0.39 is 0 Å². The second-order valence-corrected chi connectivity index (χ2v) is 7.92. The first-order chi connectivity index (χ1) is 14.3. The molecule has 2 aliphatic heterocycles. The van der Waals surface area contributed by atoms with Crippen LogP contribution in [0.2, 0.25) is 0 Å². The Morgan fingerprint density at radius 3 is 2.87 bits per heavy atom. The molecule has 0 aliphatic carbocycles. The summed E-state index contributed by atoms with van der Waals surface area (Å²) in [6.07, 6.45) is 10.7. The zero-order chi connectivity index (χ0) is 21.7. The average molecular weight is 409 g/mol. The van der Waals surface area contributed by atoms with Crippen LogP contribution in [0.5, 0.6) is 0 Å². The van der Waals surface area contributed by atoms with Crippen LogP contribution in [0.4, 0.5) is 0 Å². The number of rotatable bonds is 5. The number of hydrogen-bond donors (Lipinski definition) is 3. The number of allylic oxidation sites excluding steroid dienone is 3. The van der Waals surface area contributed by atoms with Crippen LogP contribution in [0.3, 0.4) is 0 Å². The van der Waals surface area contributed by atoms with Crippen molar-refractivity contribution in [3.05, 3.63) is 65.2 Å². The zero-order valence-electron chi connectivity index (χ0n) is 17.8. The van der Waals surface area contributed by atoms with Crippen molar-refractivity contribution in [3.63, 3.8) is 0 Å². The van der Waals surface area contributed by atoms with E-state index in [0.717, 1.165) is 56.5 Å². The summed E-state index contributed by atoms with van der Waals surface area (Å²) in [5, 5.41) is 19.1. The molecule has 3 rings (SSSR count). The molecule has 7 nitrogen and oxygen atoms in total. The summed E-state index contributed by atoms with van der Waals surface area (Å²) in [5.74, 6) is 0.571. The fraction of sp³-hybridized carbons (Fsp3) is 0.391.